The molecule has 0 aliphatic heterocycles. The molecular weight excluding hydrogens is 222 g/mol. The lowest BCUT2D eigenvalue weighted by atomic mass is 10.2. The molecule has 0 fully saturated rings. The van der Waals surface area contributed by atoms with Gasteiger partial charge in [-0.2, -0.15) is 4.99 Å². The van der Waals surface area contributed by atoms with Crippen molar-refractivity contribution >= 4 is 17.7 Å². The number of aromatic hydroxyl groups is 1. The highest BCUT2D eigenvalue weighted by molar-refractivity contribution is 5.69. The van der Waals surface area contributed by atoms with E-state index in [1.54, 1.807) is 12.1 Å². The summed E-state index contributed by atoms with van der Waals surface area (Å²) in [6.45, 7) is 1.85. The van der Waals surface area contributed by atoms with Gasteiger partial charge >= 0.3 is 5.97 Å². The topological polar surface area (TPSA) is 76.0 Å². The maximum atomic E-state index is 11.2. The lowest BCUT2D eigenvalue weighted by molar-refractivity contribution is -0.144. The van der Waals surface area contributed by atoms with Crippen molar-refractivity contribution in [3.8, 4) is 5.75 Å². The van der Waals surface area contributed by atoms with E-state index >= 15 is 0 Å². The molecule has 0 aromatic heterocycles. The van der Waals surface area contributed by atoms with Crippen LogP contribution in [0.15, 0.2) is 23.2 Å². The van der Waals surface area contributed by atoms with E-state index in [-0.39, 0.29) is 24.0 Å². The van der Waals surface area contributed by atoms with Crippen molar-refractivity contribution in [2.45, 2.75) is 26.4 Å². The third kappa shape index (κ3) is 3.74. The molecule has 0 heterocycles. The van der Waals surface area contributed by atoms with Crippen LogP contribution in [-0.2, 0) is 20.9 Å². The molecule has 1 aromatic rings. The van der Waals surface area contributed by atoms with Gasteiger partial charge in [-0.15, -0.1) is 0 Å². The zero-order valence-electron chi connectivity index (χ0n) is 9.47. The maximum absolute atomic E-state index is 11.2. The Kier molecular flexibility index (Phi) is 4.91. The van der Waals surface area contributed by atoms with E-state index in [1.807, 2.05) is 6.92 Å². The van der Waals surface area contributed by atoms with Crippen LogP contribution >= 0.6 is 0 Å². The molecule has 0 aliphatic rings. The fourth-order valence-electron chi connectivity index (χ4n) is 1.30. The van der Waals surface area contributed by atoms with Crippen molar-refractivity contribution in [3.63, 3.8) is 0 Å². The number of esters is 1. The average Bonchev–Trinajstić information content (AvgIpc) is 2.30. The summed E-state index contributed by atoms with van der Waals surface area (Å²) in [4.78, 5) is 24.8. The highest BCUT2D eigenvalue weighted by Gasteiger charge is 2.09. The summed E-state index contributed by atoms with van der Waals surface area (Å²) >= 11 is 0. The standard InChI is InChI=1S/C12H13NO4/c1-2-4-11(16)17-7-9-5-3-6-10(15)12(9)13-8-14/h3,5-6,15H,2,4,7H2,1H3. The zero-order chi connectivity index (χ0) is 12.7. The molecule has 0 saturated heterocycles. The zero-order valence-corrected chi connectivity index (χ0v) is 9.47. The Morgan fingerprint density at radius 2 is 2.29 bits per heavy atom. The second kappa shape index (κ2) is 6.45. The third-order valence-electron chi connectivity index (χ3n) is 2.10. The quantitative estimate of drug-likeness (QED) is 0.482. The van der Waals surface area contributed by atoms with Gasteiger partial charge in [0.15, 0.2) is 0 Å². The Hall–Kier alpha value is -2.13. The van der Waals surface area contributed by atoms with Crippen molar-refractivity contribution in [3.05, 3.63) is 23.8 Å². The molecule has 0 saturated carbocycles. The number of hydrogen-bond acceptors (Lipinski definition) is 5. The van der Waals surface area contributed by atoms with E-state index in [4.69, 9.17) is 4.74 Å². The number of nitrogens with zero attached hydrogens (tertiary/aromatic N) is 1. The minimum atomic E-state index is -0.322. The first-order valence-corrected chi connectivity index (χ1v) is 5.23. The largest absolute Gasteiger partial charge is 0.506 e. The van der Waals surface area contributed by atoms with Gasteiger partial charge in [0.25, 0.3) is 0 Å². The summed E-state index contributed by atoms with van der Waals surface area (Å²) in [6, 6.07) is 4.60. The van der Waals surface area contributed by atoms with Crippen LogP contribution < -0.4 is 0 Å². The van der Waals surface area contributed by atoms with E-state index in [0.29, 0.717) is 18.4 Å². The molecule has 1 aromatic carbocycles. The fourth-order valence-corrected chi connectivity index (χ4v) is 1.30. The van der Waals surface area contributed by atoms with Gasteiger partial charge in [0.2, 0.25) is 6.08 Å². The van der Waals surface area contributed by atoms with Crippen molar-refractivity contribution in [1.82, 2.24) is 0 Å². The first-order chi connectivity index (χ1) is 8.19. The molecule has 0 spiro atoms. The first-order valence-electron chi connectivity index (χ1n) is 5.23. The van der Waals surface area contributed by atoms with Crippen LogP contribution in [0, 0.1) is 0 Å². The summed E-state index contributed by atoms with van der Waals surface area (Å²) in [5, 5.41) is 9.48. The van der Waals surface area contributed by atoms with Gasteiger partial charge in [0, 0.05) is 12.0 Å². The van der Waals surface area contributed by atoms with Crippen LogP contribution in [0.1, 0.15) is 25.3 Å². The van der Waals surface area contributed by atoms with Crippen molar-refractivity contribution < 1.29 is 19.4 Å². The minimum Gasteiger partial charge on any atom is -0.506 e. The van der Waals surface area contributed by atoms with Crippen LogP contribution in [0.4, 0.5) is 5.69 Å². The molecule has 17 heavy (non-hydrogen) atoms. The lowest BCUT2D eigenvalue weighted by Crippen LogP contribution is -2.03. The molecule has 1 rings (SSSR count). The minimum absolute atomic E-state index is 0.0201. The number of carbonyl (C=O) groups is 1. The Morgan fingerprint density at radius 1 is 1.53 bits per heavy atom. The van der Waals surface area contributed by atoms with Crippen molar-refractivity contribution in [2.75, 3.05) is 0 Å². The van der Waals surface area contributed by atoms with Gasteiger partial charge in [0.1, 0.15) is 18.0 Å². The van der Waals surface area contributed by atoms with E-state index in [0.717, 1.165) is 0 Å². The van der Waals surface area contributed by atoms with Gasteiger partial charge in [-0.25, -0.2) is 4.79 Å². The molecule has 0 unspecified atom stereocenters. The SMILES string of the molecule is CCCC(=O)OCc1cccc(O)c1N=C=O. The number of rotatable bonds is 5. The van der Waals surface area contributed by atoms with E-state index < -0.39 is 0 Å². The lowest BCUT2D eigenvalue weighted by Gasteiger charge is -2.07. The number of benzene rings is 1. The van der Waals surface area contributed by atoms with Crippen LogP contribution in [0.3, 0.4) is 0 Å². The molecule has 1 N–H and O–H groups in total. The third-order valence-corrected chi connectivity index (χ3v) is 2.10. The number of phenols is 1. The Labute approximate surface area is 98.7 Å². The predicted molar refractivity (Wildman–Crippen MR) is 60.6 cm³/mol. The number of hydrogen-bond donors (Lipinski definition) is 1. The number of phenolic OH excluding ortho intramolecular Hbond substituents is 1. The highest BCUT2D eigenvalue weighted by atomic mass is 16.5. The maximum Gasteiger partial charge on any atom is 0.306 e. The number of ether oxygens (including phenoxy) is 1. The fraction of sp³-hybridized carbons (Fsp3) is 0.333. The average molecular weight is 235 g/mol. The van der Waals surface area contributed by atoms with Gasteiger partial charge in [-0.3, -0.25) is 4.79 Å². The molecule has 0 bridgehead atoms. The van der Waals surface area contributed by atoms with E-state index in [1.165, 1.54) is 12.1 Å². The van der Waals surface area contributed by atoms with Crippen molar-refractivity contribution in [2.24, 2.45) is 4.99 Å². The molecule has 0 atom stereocenters. The van der Waals surface area contributed by atoms with Gasteiger partial charge in [0.05, 0.1) is 0 Å². The van der Waals surface area contributed by atoms with Crippen LogP contribution in [0.2, 0.25) is 0 Å². The number of isocyanates is 1. The second-order valence-electron chi connectivity index (χ2n) is 3.40. The Balaban J connectivity index is 2.80. The summed E-state index contributed by atoms with van der Waals surface area (Å²) in [5.74, 6) is -0.464. The summed E-state index contributed by atoms with van der Waals surface area (Å²) in [6.07, 6.45) is 2.40. The molecule has 0 amide bonds. The van der Waals surface area contributed by atoms with Crippen LogP contribution in [-0.4, -0.2) is 17.2 Å². The number of para-hydroxylation sites is 1. The first kappa shape index (κ1) is 12.9. The Bertz CT molecular complexity index is 450. The number of carbonyl (C=O) groups excluding carboxylic acids is 2. The normalized spacial score (nSPS) is 9.47. The van der Waals surface area contributed by atoms with Gasteiger partial charge in [-0.05, 0) is 12.5 Å². The Morgan fingerprint density at radius 3 is 2.94 bits per heavy atom. The molecule has 5 heteroatoms. The molecule has 0 aliphatic carbocycles. The number of aliphatic imine (C=N–C) groups is 1. The van der Waals surface area contributed by atoms with Gasteiger partial charge in [-0.1, -0.05) is 19.1 Å². The molecule has 5 nitrogen and oxygen atoms in total. The summed E-state index contributed by atoms with van der Waals surface area (Å²) in [5.41, 5.74) is 0.560. The highest BCUT2D eigenvalue weighted by Crippen LogP contribution is 2.30. The van der Waals surface area contributed by atoms with E-state index in [9.17, 15) is 14.7 Å². The molecule has 0 radical (unpaired) electrons. The summed E-state index contributed by atoms with van der Waals surface area (Å²) < 4.78 is 4.97. The van der Waals surface area contributed by atoms with Crippen LogP contribution in [0.5, 0.6) is 5.75 Å². The van der Waals surface area contributed by atoms with E-state index in [2.05, 4.69) is 4.99 Å². The van der Waals surface area contributed by atoms with Crippen LogP contribution in [0.25, 0.3) is 0 Å². The van der Waals surface area contributed by atoms with Crippen molar-refractivity contribution in [1.29, 1.82) is 0 Å². The molecular formula is C12H13NO4. The smallest absolute Gasteiger partial charge is 0.306 e. The predicted octanol–water partition coefficient (Wildman–Crippen LogP) is 2.20. The van der Waals surface area contributed by atoms with Gasteiger partial charge < -0.3 is 9.84 Å². The second-order valence-corrected chi connectivity index (χ2v) is 3.40. The molecule has 90 valence electrons. The monoisotopic (exact) mass is 235 g/mol. The summed E-state index contributed by atoms with van der Waals surface area (Å²) in [7, 11) is 0.